The zero-order valence-electron chi connectivity index (χ0n) is 21.6. The van der Waals surface area contributed by atoms with E-state index in [1.54, 1.807) is 17.0 Å². The standard InChI is InChI=1S/C27H27Br2N5O6/c28-19-6-7-22-20(14-19)27(36)33(26(31-22)18-4-2-1-3-5-18)30-15-17-12-21(29)25(23(13-17)34(37)38)40-16-24(35)32-8-10-39-11-9-32/h6-7,12-15,18H,1-5,8-11,16H2. The summed E-state index contributed by atoms with van der Waals surface area (Å²) in [5.41, 5.74) is 0.345. The van der Waals surface area contributed by atoms with Crippen LogP contribution in [0.25, 0.3) is 10.9 Å². The Morgan fingerprint density at radius 3 is 2.65 bits per heavy atom. The molecule has 1 amide bonds. The number of carbonyl (C=O) groups excluding carboxylic acids is 1. The zero-order chi connectivity index (χ0) is 28.2. The maximum Gasteiger partial charge on any atom is 0.312 e. The Balaban J connectivity index is 1.47. The average molecular weight is 677 g/mol. The Labute approximate surface area is 246 Å². The number of nitro groups is 1. The third-order valence-electron chi connectivity index (χ3n) is 7.07. The van der Waals surface area contributed by atoms with Gasteiger partial charge >= 0.3 is 5.69 Å². The number of rotatable bonds is 7. The molecule has 0 atom stereocenters. The summed E-state index contributed by atoms with van der Waals surface area (Å²) in [6.07, 6.45) is 6.48. The molecule has 40 heavy (non-hydrogen) atoms. The van der Waals surface area contributed by atoms with Crippen LogP contribution < -0.4 is 10.3 Å². The molecule has 1 saturated carbocycles. The molecule has 1 saturated heterocycles. The lowest BCUT2D eigenvalue weighted by atomic mass is 9.88. The van der Waals surface area contributed by atoms with Crippen LogP contribution in [0.4, 0.5) is 5.69 Å². The number of ether oxygens (including phenoxy) is 2. The fourth-order valence-electron chi connectivity index (χ4n) is 5.02. The van der Waals surface area contributed by atoms with Gasteiger partial charge in [-0.05, 0) is 53.0 Å². The van der Waals surface area contributed by atoms with E-state index in [-0.39, 0.29) is 35.4 Å². The highest BCUT2D eigenvalue weighted by Crippen LogP contribution is 2.36. The molecule has 210 valence electrons. The molecule has 0 spiro atoms. The Kier molecular flexibility index (Phi) is 8.91. The second-order valence-corrected chi connectivity index (χ2v) is 11.5. The lowest BCUT2D eigenvalue weighted by Gasteiger charge is -2.26. The van der Waals surface area contributed by atoms with E-state index in [2.05, 4.69) is 37.0 Å². The summed E-state index contributed by atoms with van der Waals surface area (Å²) >= 11 is 6.77. The third kappa shape index (κ3) is 6.26. The van der Waals surface area contributed by atoms with Crippen LogP contribution in [0.2, 0.25) is 0 Å². The number of hydrogen-bond donors (Lipinski definition) is 0. The number of hydrogen-bond acceptors (Lipinski definition) is 8. The van der Waals surface area contributed by atoms with Gasteiger partial charge in [0.15, 0.2) is 6.61 Å². The quantitative estimate of drug-likeness (QED) is 0.196. The number of morpholine rings is 1. The molecule has 13 heteroatoms. The van der Waals surface area contributed by atoms with Gasteiger partial charge < -0.3 is 14.4 Å². The molecule has 5 rings (SSSR count). The Morgan fingerprint density at radius 1 is 1.18 bits per heavy atom. The number of benzene rings is 2. The van der Waals surface area contributed by atoms with Crippen molar-refractivity contribution in [2.75, 3.05) is 32.9 Å². The Hall–Kier alpha value is -3.16. The second kappa shape index (κ2) is 12.6. The Morgan fingerprint density at radius 2 is 1.93 bits per heavy atom. The highest BCUT2D eigenvalue weighted by atomic mass is 79.9. The van der Waals surface area contributed by atoms with Crippen LogP contribution in [-0.4, -0.2) is 64.5 Å². The van der Waals surface area contributed by atoms with Crippen molar-refractivity contribution in [1.82, 2.24) is 14.6 Å². The van der Waals surface area contributed by atoms with Gasteiger partial charge in [-0.1, -0.05) is 35.2 Å². The Bertz CT molecular complexity index is 1530. The van der Waals surface area contributed by atoms with Crippen LogP contribution >= 0.6 is 31.9 Å². The molecule has 3 aromatic rings. The third-order valence-corrected chi connectivity index (χ3v) is 8.16. The van der Waals surface area contributed by atoms with Gasteiger partial charge in [-0.25, -0.2) is 4.98 Å². The van der Waals surface area contributed by atoms with Gasteiger partial charge in [0.25, 0.3) is 11.5 Å². The van der Waals surface area contributed by atoms with Crippen molar-refractivity contribution in [2.24, 2.45) is 5.10 Å². The molecule has 2 heterocycles. The van der Waals surface area contributed by atoms with Crippen molar-refractivity contribution in [3.63, 3.8) is 0 Å². The first-order valence-corrected chi connectivity index (χ1v) is 14.6. The predicted octanol–water partition coefficient (Wildman–Crippen LogP) is 5.00. The van der Waals surface area contributed by atoms with E-state index >= 15 is 0 Å². The number of nitro benzene ring substituents is 1. The van der Waals surface area contributed by atoms with Crippen LogP contribution in [0.5, 0.6) is 5.75 Å². The van der Waals surface area contributed by atoms with Crippen molar-refractivity contribution >= 4 is 60.6 Å². The molecule has 1 aliphatic heterocycles. The van der Waals surface area contributed by atoms with Gasteiger partial charge in [-0.15, -0.1) is 0 Å². The summed E-state index contributed by atoms with van der Waals surface area (Å²) in [6, 6.07) is 8.28. The van der Waals surface area contributed by atoms with E-state index in [0.29, 0.717) is 53.1 Å². The van der Waals surface area contributed by atoms with E-state index in [1.165, 1.54) is 17.0 Å². The van der Waals surface area contributed by atoms with Gasteiger partial charge in [0, 0.05) is 35.1 Å². The van der Waals surface area contributed by atoms with E-state index < -0.39 is 4.92 Å². The molecular weight excluding hydrogens is 650 g/mol. The number of carbonyl (C=O) groups is 1. The smallest absolute Gasteiger partial charge is 0.312 e. The molecule has 0 unspecified atom stereocenters. The van der Waals surface area contributed by atoms with Crippen molar-refractivity contribution in [3.05, 3.63) is 71.1 Å². The summed E-state index contributed by atoms with van der Waals surface area (Å²) in [7, 11) is 0. The number of halogens is 2. The lowest BCUT2D eigenvalue weighted by Crippen LogP contribution is -2.43. The first kappa shape index (κ1) is 28.4. The highest BCUT2D eigenvalue weighted by molar-refractivity contribution is 9.10. The van der Waals surface area contributed by atoms with Gasteiger partial charge in [-0.3, -0.25) is 19.7 Å². The van der Waals surface area contributed by atoms with Crippen LogP contribution in [0.1, 0.15) is 49.4 Å². The topological polar surface area (TPSA) is 129 Å². The lowest BCUT2D eigenvalue weighted by molar-refractivity contribution is -0.385. The number of nitrogens with zero attached hydrogens (tertiary/aromatic N) is 5. The molecular formula is C27H27Br2N5O6. The monoisotopic (exact) mass is 675 g/mol. The minimum atomic E-state index is -0.578. The maximum atomic E-state index is 13.5. The minimum Gasteiger partial charge on any atom is -0.476 e. The molecule has 0 radical (unpaired) electrons. The van der Waals surface area contributed by atoms with Crippen LogP contribution in [0.3, 0.4) is 0 Å². The molecule has 11 nitrogen and oxygen atoms in total. The molecule has 0 N–H and O–H groups in total. The first-order valence-electron chi connectivity index (χ1n) is 13.0. The van der Waals surface area contributed by atoms with Crippen LogP contribution in [0, 0.1) is 10.1 Å². The van der Waals surface area contributed by atoms with E-state index in [0.717, 1.165) is 36.6 Å². The maximum absolute atomic E-state index is 13.5. The van der Waals surface area contributed by atoms with E-state index in [9.17, 15) is 19.7 Å². The van der Waals surface area contributed by atoms with Gasteiger partial charge in [0.1, 0.15) is 5.82 Å². The SMILES string of the molecule is O=C(COc1c(Br)cc(C=Nn2c(C3CCCCC3)nc3ccc(Br)cc3c2=O)cc1[N+](=O)[O-])N1CCOCC1. The number of fused-ring (bicyclic) bond motifs is 1. The molecule has 0 bridgehead atoms. The van der Waals surface area contributed by atoms with Crippen molar-refractivity contribution in [2.45, 2.75) is 38.0 Å². The summed E-state index contributed by atoms with van der Waals surface area (Å²) < 4.78 is 13.2. The summed E-state index contributed by atoms with van der Waals surface area (Å²) in [5.74, 6) is 0.347. The normalized spacial score (nSPS) is 16.5. The van der Waals surface area contributed by atoms with Crippen LogP contribution in [-0.2, 0) is 9.53 Å². The first-order chi connectivity index (χ1) is 19.3. The van der Waals surface area contributed by atoms with Gasteiger partial charge in [-0.2, -0.15) is 9.78 Å². The predicted molar refractivity (Wildman–Crippen MR) is 156 cm³/mol. The summed E-state index contributed by atoms with van der Waals surface area (Å²) in [6.45, 7) is 1.44. The van der Waals surface area contributed by atoms with Crippen LogP contribution in [0.15, 0.2) is 49.2 Å². The largest absolute Gasteiger partial charge is 0.476 e. The molecule has 1 aromatic heterocycles. The molecule has 2 fully saturated rings. The molecule has 1 aliphatic carbocycles. The summed E-state index contributed by atoms with van der Waals surface area (Å²) in [5, 5.41) is 16.8. The molecule has 2 aliphatic rings. The minimum absolute atomic E-state index is 0.0546. The fourth-order valence-corrected chi connectivity index (χ4v) is 5.96. The van der Waals surface area contributed by atoms with Gasteiger partial charge in [0.2, 0.25) is 5.75 Å². The van der Waals surface area contributed by atoms with Crippen molar-refractivity contribution < 1.29 is 19.2 Å². The van der Waals surface area contributed by atoms with Crippen molar-refractivity contribution in [1.29, 1.82) is 0 Å². The second-order valence-electron chi connectivity index (χ2n) is 9.72. The van der Waals surface area contributed by atoms with E-state index in [1.807, 2.05) is 12.1 Å². The van der Waals surface area contributed by atoms with Gasteiger partial charge in [0.05, 0.1) is 39.7 Å². The highest BCUT2D eigenvalue weighted by Gasteiger charge is 2.25. The number of aromatic nitrogens is 2. The zero-order valence-corrected chi connectivity index (χ0v) is 24.7. The van der Waals surface area contributed by atoms with Crippen molar-refractivity contribution in [3.8, 4) is 5.75 Å². The summed E-state index contributed by atoms with van der Waals surface area (Å²) in [4.78, 5) is 43.8. The van der Waals surface area contributed by atoms with E-state index in [4.69, 9.17) is 14.5 Å². The average Bonchev–Trinajstić information content (AvgIpc) is 2.96. The number of amides is 1. The fraction of sp³-hybridized carbons (Fsp3) is 0.407. The molecule has 2 aromatic carbocycles.